The first-order valence-corrected chi connectivity index (χ1v) is 7.86. The summed E-state index contributed by atoms with van der Waals surface area (Å²) < 4.78 is 10.2. The predicted octanol–water partition coefficient (Wildman–Crippen LogP) is 2.94. The van der Waals surface area contributed by atoms with Crippen molar-refractivity contribution in [2.24, 2.45) is 4.99 Å². The van der Waals surface area contributed by atoms with E-state index >= 15 is 0 Å². The van der Waals surface area contributed by atoms with E-state index < -0.39 is 5.97 Å². The highest BCUT2D eigenvalue weighted by molar-refractivity contribution is 6.27. The van der Waals surface area contributed by atoms with E-state index in [9.17, 15) is 9.90 Å². The number of hydrogen-bond donors (Lipinski definition) is 1. The van der Waals surface area contributed by atoms with Crippen molar-refractivity contribution in [3.05, 3.63) is 59.1 Å². The third-order valence-corrected chi connectivity index (χ3v) is 3.41. The summed E-state index contributed by atoms with van der Waals surface area (Å²) in [5.41, 5.74) is 1.57. The minimum atomic E-state index is -0.597. The molecule has 0 saturated carbocycles. The van der Waals surface area contributed by atoms with Crippen molar-refractivity contribution in [2.45, 2.75) is 6.92 Å². The van der Waals surface area contributed by atoms with Crippen LogP contribution in [-0.2, 0) is 9.53 Å². The van der Waals surface area contributed by atoms with Crippen LogP contribution < -0.4 is 4.74 Å². The Hall–Kier alpha value is -3.02. The van der Waals surface area contributed by atoms with E-state index in [4.69, 9.17) is 9.47 Å². The standard InChI is InChI=1S/C19H22N2O4/c1-5-25-19(23)17-15(10-11-21(2)3)20-16(18(17)22)12-13-6-8-14(24-4)9-7-13/h6-12,22H,5H2,1-4H3. The summed E-state index contributed by atoms with van der Waals surface area (Å²) in [5.74, 6) is -0.0494. The fraction of sp³-hybridized carbons (Fsp3) is 0.263. The molecule has 0 aromatic heterocycles. The van der Waals surface area contributed by atoms with E-state index in [1.165, 1.54) is 0 Å². The van der Waals surface area contributed by atoms with Crippen LogP contribution in [0.5, 0.6) is 5.75 Å². The van der Waals surface area contributed by atoms with Gasteiger partial charge >= 0.3 is 5.97 Å². The van der Waals surface area contributed by atoms with Crippen molar-refractivity contribution in [3.63, 3.8) is 0 Å². The van der Waals surface area contributed by atoms with Crippen LogP contribution in [0.25, 0.3) is 6.08 Å². The number of rotatable bonds is 6. The Morgan fingerprint density at radius 3 is 2.52 bits per heavy atom. The zero-order valence-electron chi connectivity index (χ0n) is 14.8. The number of carbonyl (C=O) groups excluding carboxylic acids is 1. The minimum Gasteiger partial charge on any atom is -0.505 e. The smallest absolute Gasteiger partial charge is 0.344 e. The first-order valence-electron chi connectivity index (χ1n) is 7.86. The highest BCUT2D eigenvalue weighted by Gasteiger charge is 2.29. The molecule has 1 aromatic carbocycles. The van der Waals surface area contributed by atoms with Gasteiger partial charge in [-0.3, -0.25) is 0 Å². The molecule has 1 N–H and O–H groups in total. The van der Waals surface area contributed by atoms with E-state index in [2.05, 4.69) is 4.99 Å². The van der Waals surface area contributed by atoms with Gasteiger partial charge < -0.3 is 19.5 Å². The van der Waals surface area contributed by atoms with Crippen LogP contribution in [0.3, 0.4) is 0 Å². The Bertz CT molecular complexity index is 756. The molecule has 0 bridgehead atoms. The number of benzene rings is 1. The minimum absolute atomic E-state index is 0.0692. The molecule has 1 aliphatic heterocycles. The van der Waals surface area contributed by atoms with Gasteiger partial charge in [-0.2, -0.15) is 0 Å². The molecule has 1 aliphatic rings. The second kappa shape index (κ2) is 8.19. The van der Waals surface area contributed by atoms with Gasteiger partial charge in [0.1, 0.15) is 17.0 Å². The van der Waals surface area contributed by atoms with Crippen molar-refractivity contribution in [3.8, 4) is 5.75 Å². The molecule has 0 radical (unpaired) electrons. The Morgan fingerprint density at radius 2 is 1.96 bits per heavy atom. The zero-order valence-corrected chi connectivity index (χ0v) is 14.8. The number of aliphatic hydroxyl groups is 1. The molecule has 0 unspecified atom stereocenters. The lowest BCUT2D eigenvalue weighted by Gasteiger charge is -2.05. The van der Waals surface area contributed by atoms with E-state index in [1.807, 2.05) is 43.3 Å². The molecular weight excluding hydrogens is 320 g/mol. The van der Waals surface area contributed by atoms with Crippen LogP contribution in [0.2, 0.25) is 0 Å². The summed E-state index contributed by atoms with van der Waals surface area (Å²) in [6.07, 6.45) is 5.11. The van der Waals surface area contributed by atoms with Gasteiger partial charge in [0.2, 0.25) is 0 Å². The molecule has 0 spiro atoms. The zero-order chi connectivity index (χ0) is 18.4. The van der Waals surface area contributed by atoms with Gasteiger partial charge in [0.05, 0.1) is 19.4 Å². The lowest BCUT2D eigenvalue weighted by atomic mass is 10.1. The number of methoxy groups -OCH3 is 1. The molecule has 6 nitrogen and oxygen atoms in total. The Balaban J connectivity index is 2.42. The maximum Gasteiger partial charge on any atom is 0.344 e. The lowest BCUT2D eigenvalue weighted by molar-refractivity contribution is -0.138. The third kappa shape index (κ3) is 4.50. The quantitative estimate of drug-likeness (QED) is 0.805. The molecule has 6 heteroatoms. The second-order valence-electron chi connectivity index (χ2n) is 5.52. The van der Waals surface area contributed by atoms with Gasteiger partial charge in [-0.1, -0.05) is 12.1 Å². The molecule has 0 fully saturated rings. The molecule has 1 heterocycles. The van der Waals surface area contributed by atoms with E-state index in [-0.39, 0.29) is 17.9 Å². The highest BCUT2D eigenvalue weighted by Crippen LogP contribution is 2.27. The van der Waals surface area contributed by atoms with Crippen LogP contribution in [-0.4, -0.2) is 49.5 Å². The molecule has 0 aliphatic carbocycles. The van der Waals surface area contributed by atoms with Crippen molar-refractivity contribution < 1.29 is 19.4 Å². The number of esters is 1. The van der Waals surface area contributed by atoms with Crippen molar-refractivity contribution in [2.75, 3.05) is 27.8 Å². The van der Waals surface area contributed by atoms with Crippen LogP contribution in [0.4, 0.5) is 0 Å². The number of aliphatic imine (C=N–C) groups is 1. The van der Waals surface area contributed by atoms with Gasteiger partial charge in [0.15, 0.2) is 5.76 Å². The third-order valence-electron chi connectivity index (χ3n) is 3.41. The topological polar surface area (TPSA) is 71.4 Å². The monoisotopic (exact) mass is 342 g/mol. The summed E-state index contributed by atoms with van der Waals surface area (Å²) in [5, 5.41) is 10.5. The number of ether oxygens (including phenoxy) is 2. The fourth-order valence-corrected chi connectivity index (χ4v) is 2.19. The lowest BCUT2D eigenvalue weighted by Crippen LogP contribution is -2.15. The van der Waals surface area contributed by atoms with Crippen LogP contribution in [0.1, 0.15) is 12.5 Å². The van der Waals surface area contributed by atoms with Crippen LogP contribution in [0.15, 0.2) is 58.6 Å². The molecule has 2 rings (SSSR count). The summed E-state index contributed by atoms with van der Waals surface area (Å²) >= 11 is 0. The number of allylic oxidation sites excluding steroid dienone is 1. The fourth-order valence-electron chi connectivity index (χ4n) is 2.19. The van der Waals surface area contributed by atoms with Crippen molar-refractivity contribution in [1.29, 1.82) is 0 Å². The largest absolute Gasteiger partial charge is 0.505 e. The van der Waals surface area contributed by atoms with Gasteiger partial charge in [0, 0.05) is 20.3 Å². The molecule has 1 aromatic rings. The molecule has 0 atom stereocenters. The van der Waals surface area contributed by atoms with E-state index in [0.29, 0.717) is 11.4 Å². The first-order chi connectivity index (χ1) is 12.0. The number of nitrogens with zero attached hydrogens (tertiary/aromatic N) is 2. The van der Waals surface area contributed by atoms with Crippen LogP contribution in [0, 0.1) is 0 Å². The molecule has 25 heavy (non-hydrogen) atoms. The number of hydrogen-bond acceptors (Lipinski definition) is 6. The van der Waals surface area contributed by atoms with Gasteiger partial charge in [-0.15, -0.1) is 0 Å². The summed E-state index contributed by atoms with van der Waals surface area (Å²) in [6.45, 7) is 1.93. The molecule has 0 amide bonds. The van der Waals surface area contributed by atoms with Crippen molar-refractivity contribution >= 4 is 17.8 Å². The molecular formula is C19H22N2O4. The maximum atomic E-state index is 12.2. The first kappa shape index (κ1) is 18.3. The SMILES string of the molecule is CCOC(=O)C1=C(O)C(=Cc2ccc(OC)cc2)N=C1C=CN(C)C. The van der Waals surface area contributed by atoms with Gasteiger partial charge in [-0.25, -0.2) is 9.79 Å². The summed E-state index contributed by atoms with van der Waals surface area (Å²) in [7, 11) is 5.31. The molecule has 132 valence electrons. The van der Waals surface area contributed by atoms with Gasteiger partial charge in [-0.05, 0) is 36.8 Å². The second-order valence-corrected chi connectivity index (χ2v) is 5.52. The number of carbonyl (C=O) groups is 1. The summed E-state index contributed by atoms with van der Waals surface area (Å²) in [6, 6.07) is 7.30. The van der Waals surface area contributed by atoms with E-state index in [0.717, 1.165) is 11.3 Å². The van der Waals surface area contributed by atoms with Crippen LogP contribution >= 0.6 is 0 Å². The normalized spacial score (nSPS) is 15.7. The van der Waals surface area contributed by atoms with Crippen molar-refractivity contribution in [1.82, 2.24) is 4.90 Å². The Kier molecular flexibility index (Phi) is 6.00. The Morgan fingerprint density at radius 1 is 1.28 bits per heavy atom. The maximum absolute atomic E-state index is 12.2. The Labute approximate surface area is 147 Å². The highest BCUT2D eigenvalue weighted by atomic mass is 16.5. The van der Waals surface area contributed by atoms with E-state index in [1.54, 1.807) is 32.4 Å². The summed E-state index contributed by atoms with van der Waals surface area (Å²) in [4.78, 5) is 18.4. The predicted molar refractivity (Wildman–Crippen MR) is 97.5 cm³/mol. The number of aliphatic hydroxyl groups excluding tert-OH is 1. The molecule has 0 saturated heterocycles. The van der Waals surface area contributed by atoms with Gasteiger partial charge in [0.25, 0.3) is 0 Å². The average molecular weight is 342 g/mol. The average Bonchev–Trinajstić information content (AvgIpc) is 2.89.